The zero-order valence-electron chi connectivity index (χ0n) is 11.5. The first-order valence-corrected chi connectivity index (χ1v) is 6.42. The molecule has 0 fully saturated rings. The molecule has 7 nitrogen and oxygen atoms in total. The SMILES string of the molecule is Cn1nccc1CCNC(=O)Nc1ccccc1C(=O)O. The van der Waals surface area contributed by atoms with E-state index in [1.165, 1.54) is 6.07 Å². The van der Waals surface area contributed by atoms with Crippen molar-refractivity contribution in [3.05, 3.63) is 47.8 Å². The Labute approximate surface area is 121 Å². The molecule has 0 unspecified atom stereocenters. The Bertz CT molecular complexity index is 651. The predicted molar refractivity (Wildman–Crippen MR) is 77.3 cm³/mol. The van der Waals surface area contributed by atoms with E-state index in [4.69, 9.17) is 5.11 Å². The number of nitrogens with one attached hydrogen (secondary N) is 2. The third kappa shape index (κ3) is 3.82. The zero-order chi connectivity index (χ0) is 15.2. The number of nitrogens with zero attached hydrogens (tertiary/aromatic N) is 2. The summed E-state index contributed by atoms with van der Waals surface area (Å²) in [5.41, 5.74) is 1.32. The van der Waals surface area contributed by atoms with Crippen LogP contribution in [0.4, 0.5) is 10.5 Å². The second-order valence-electron chi connectivity index (χ2n) is 4.43. The molecular formula is C14H16N4O3. The van der Waals surface area contributed by atoms with Gasteiger partial charge in [0.05, 0.1) is 11.3 Å². The van der Waals surface area contributed by atoms with Crippen molar-refractivity contribution >= 4 is 17.7 Å². The van der Waals surface area contributed by atoms with Crippen molar-refractivity contribution in [3.8, 4) is 0 Å². The Morgan fingerprint density at radius 3 is 2.71 bits per heavy atom. The number of carbonyl (C=O) groups excluding carboxylic acids is 1. The lowest BCUT2D eigenvalue weighted by Gasteiger charge is -2.09. The lowest BCUT2D eigenvalue weighted by Crippen LogP contribution is -2.31. The van der Waals surface area contributed by atoms with Gasteiger partial charge in [-0.25, -0.2) is 9.59 Å². The number of hydrogen-bond acceptors (Lipinski definition) is 3. The number of aromatic nitrogens is 2. The highest BCUT2D eigenvalue weighted by Crippen LogP contribution is 2.14. The van der Waals surface area contributed by atoms with Crippen LogP contribution in [0.25, 0.3) is 0 Å². The molecule has 0 bridgehead atoms. The number of para-hydroxylation sites is 1. The number of carboxylic acids is 1. The third-order valence-electron chi connectivity index (χ3n) is 2.99. The van der Waals surface area contributed by atoms with Crippen LogP contribution in [-0.4, -0.2) is 33.4 Å². The molecule has 2 aromatic rings. The van der Waals surface area contributed by atoms with Crippen LogP contribution >= 0.6 is 0 Å². The van der Waals surface area contributed by atoms with E-state index in [-0.39, 0.29) is 11.3 Å². The van der Waals surface area contributed by atoms with E-state index < -0.39 is 12.0 Å². The topological polar surface area (TPSA) is 96.3 Å². The van der Waals surface area contributed by atoms with Crippen molar-refractivity contribution in [3.63, 3.8) is 0 Å². The normalized spacial score (nSPS) is 10.1. The van der Waals surface area contributed by atoms with Crippen LogP contribution in [0.2, 0.25) is 0 Å². The molecule has 3 N–H and O–H groups in total. The Morgan fingerprint density at radius 2 is 2.05 bits per heavy atom. The molecule has 110 valence electrons. The Balaban J connectivity index is 1.88. The monoisotopic (exact) mass is 288 g/mol. The summed E-state index contributed by atoms with van der Waals surface area (Å²) in [7, 11) is 1.83. The smallest absolute Gasteiger partial charge is 0.337 e. The van der Waals surface area contributed by atoms with Crippen molar-refractivity contribution in [2.24, 2.45) is 7.05 Å². The van der Waals surface area contributed by atoms with Gasteiger partial charge in [-0.15, -0.1) is 0 Å². The second-order valence-corrected chi connectivity index (χ2v) is 4.43. The maximum Gasteiger partial charge on any atom is 0.337 e. The summed E-state index contributed by atoms with van der Waals surface area (Å²) >= 11 is 0. The van der Waals surface area contributed by atoms with E-state index in [0.29, 0.717) is 13.0 Å². The van der Waals surface area contributed by atoms with E-state index in [9.17, 15) is 9.59 Å². The summed E-state index contributed by atoms with van der Waals surface area (Å²) in [5, 5.41) is 18.3. The molecule has 1 aromatic carbocycles. The third-order valence-corrected chi connectivity index (χ3v) is 2.99. The van der Waals surface area contributed by atoms with Gasteiger partial charge in [-0.3, -0.25) is 4.68 Å². The van der Waals surface area contributed by atoms with Crippen LogP contribution in [0.5, 0.6) is 0 Å². The van der Waals surface area contributed by atoms with Gasteiger partial charge in [-0.1, -0.05) is 12.1 Å². The maximum atomic E-state index is 11.8. The van der Waals surface area contributed by atoms with Gasteiger partial charge in [0.2, 0.25) is 0 Å². The molecule has 7 heteroatoms. The van der Waals surface area contributed by atoms with Gasteiger partial charge in [-0.2, -0.15) is 5.10 Å². The number of rotatable bonds is 5. The number of anilines is 1. The first-order valence-electron chi connectivity index (χ1n) is 6.42. The van der Waals surface area contributed by atoms with E-state index in [0.717, 1.165) is 5.69 Å². The number of amides is 2. The Kier molecular flexibility index (Phi) is 4.55. The molecule has 0 atom stereocenters. The number of hydrogen-bond donors (Lipinski definition) is 3. The van der Waals surface area contributed by atoms with Crippen LogP contribution < -0.4 is 10.6 Å². The fourth-order valence-corrected chi connectivity index (χ4v) is 1.90. The molecule has 0 spiro atoms. The van der Waals surface area contributed by atoms with Crippen molar-refractivity contribution in [1.82, 2.24) is 15.1 Å². The molecule has 0 saturated heterocycles. The predicted octanol–water partition coefficient (Wildman–Crippen LogP) is 1.48. The highest BCUT2D eigenvalue weighted by atomic mass is 16.4. The minimum absolute atomic E-state index is 0.0549. The lowest BCUT2D eigenvalue weighted by atomic mass is 10.2. The molecule has 1 aromatic heterocycles. The Morgan fingerprint density at radius 1 is 1.29 bits per heavy atom. The van der Waals surface area contributed by atoms with Crippen molar-refractivity contribution in [2.75, 3.05) is 11.9 Å². The first kappa shape index (κ1) is 14.6. The quantitative estimate of drug-likeness (QED) is 0.776. The second kappa shape index (κ2) is 6.56. The highest BCUT2D eigenvalue weighted by molar-refractivity contribution is 5.99. The van der Waals surface area contributed by atoms with Gasteiger partial charge in [0, 0.05) is 31.9 Å². The van der Waals surface area contributed by atoms with Gasteiger partial charge in [0.25, 0.3) is 0 Å². The van der Waals surface area contributed by atoms with E-state index >= 15 is 0 Å². The molecule has 1 heterocycles. The van der Waals surface area contributed by atoms with E-state index in [2.05, 4.69) is 15.7 Å². The van der Waals surface area contributed by atoms with Crippen LogP contribution in [-0.2, 0) is 13.5 Å². The number of urea groups is 1. The number of carbonyl (C=O) groups is 2. The molecule has 2 rings (SSSR count). The van der Waals surface area contributed by atoms with Crippen LogP contribution in [0, 0.1) is 0 Å². The molecule has 21 heavy (non-hydrogen) atoms. The highest BCUT2D eigenvalue weighted by Gasteiger charge is 2.11. The number of aryl methyl sites for hydroxylation is 1. The van der Waals surface area contributed by atoms with Gasteiger partial charge in [0.15, 0.2) is 0 Å². The molecule has 0 aliphatic carbocycles. The average molecular weight is 288 g/mol. The summed E-state index contributed by atoms with van der Waals surface area (Å²) in [4.78, 5) is 22.8. The van der Waals surface area contributed by atoms with E-state index in [1.807, 2.05) is 13.1 Å². The van der Waals surface area contributed by atoms with Crippen molar-refractivity contribution in [2.45, 2.75) is 6.42 Å². The van der Waals surface area contributed by atoms with Gasteiger partial charge in [-0.05, 0) is 18.2 Å². The lowest BCUT2D eigenvalue weighted by molar-refractivity contribution is 0.0698. The average Bonchev–Trinajstić information content (AvgIpc) is 2.85. The molecule has 0 radical (unpaired) electrons. The molecule has 0 saturated carbocycles. The first-order chi connectivity index (χ1) is 10.1. The number of carboxylic acid groups (broad SMARTS) is 1. The van der Waals surface area contributed by atoms with Crippen molar-refractivity contribution < 1.29 is 14.7 Å². The fourth-order valence-electron chi connectivity index (χ4n) is 1.90. The van der Waals surface area contributed by atoms with Crippen LogP contribution in [0.15, 0.2) is 36.5 Å². The number of benzene rings is 1. The summed E-state index contributed by atoms with van der Waals surface area (Å²) in [6.07, 6.45) is 2.34. The summed E-state index contributed by atoms with van der Waals surface area (Å²) in [5.74, 6) is -1.08. The minimum Gasteiger partial charge on any atom is -0.478 e. The summed E-state index contributed by atoms with van der Waals surface area (Å²) in [6.45, 7) is 0.431. The van der Waals surface area contributed by atoms with Gasteiger partial charge < -0.3 is 15.7 Å². The van der Waals surface area contributed by atoms with Crippen molar-refractivity contribution in [1.29, 1.82) is 0 Å². The maximum absolute atomic E-state index is 11.8. The Hall–Kier alpha value is -2.83. The van der Waals surface area contributed by atoms with Gasteiger partial charge in [0.1, 0.15) is 0 Å². The molecular weight excluding hydrogens is 272 g/mol. The standard InChI is InChI=1S/C14H16N4O3/c1-18-10(7-9-16-18)6-8-15-14(21)17-12-5-3-2-4-11(12)13(19)20/h2-5,7,9H,6,8H2,1H3,(H,19,20)(H2,15,17,21). The van der Waals surface area contributed by atoms with Crippen LogP contribution in [0.3, 0.4) is 0 Å². The molecule has 0 aliphatic rings. The fraction of sp³-hybridized carbons (Fsp3) is 0.214. The zero-order valence-corrected chi connectivity index (χ0v) is 11.5. The van der Waals surface area contributed by atoms with E-state index in [1.54, 1.807) is 29.1 Å². The summed E-state index contributed by atoms with van der Waals surface area (Å²) < 4.78 is 1.74. The minimum atomic E-state index is -1.08. The largest absolute Gasteiger partial charge is 0.478 e. The molecule has 2 amide bonds. The van der Waals surface area contributed by atoms with Gasteiger partial charge >= 0.3 is 12.0 Å². The van der Waals surface area contributed by atoms with Crippen LogP contribution in [0.1, 0.15) is 16.1 Å². The molecule has 0 aliphatic heterocycles. The number of aromatic carboxylic acids is 1. The summed E-state index contributed by atoms with van der Waals surface area (Å²) in [6, 6.07) is 7.69.